The zero-order valence-electron chi connectivity index (χ0n) is 12.9. The maximum atomic E-state index is 12.2. The van der Waals surface area contributed by atoms with E-state index in [1.807, 2.05) is 0 Å². The molecule has 6 heteroatoms. The molecule has 0 aliphatic heterocycles. The molecule has 2 aromatic rings. The molecule has 116 valence electrons. The summed E-state index contributed by atoms with van der Waals surface area (Å²) in [6, 6.07) is 7.06. The average molecular weight is 303 g/mol. The summed E-state index contributed by atoms with van der Waals surface area (Å²) in [4.78, 5) is 27.9. The quantitative estimate of drug-likeness (QED) is 0.807. The smallest absolute Gasteiger partial charge is 0.346 e. The van der Waals surface area contributed by atoms with Crippen LogP contribution in [0.3, 0.4) is 0 Å². The van der Waals surface area contributed by atoms with Crippen molar-refractivity contribution in [2.45, 2.75) is 20.0 Å². The predicted molar refractivity (Wildman–Crippen MR) is 79.9 cm³/mol. The number of nitrogens with zero attached hydrogens (tertiary/aromatic N) is 1. The van der Waals surface area contributed by atoms with Gasteiger partial charge in [0.15, 0.2) is 6.10 Å². The topological polar surface area (TPSA) is 74.7 Å². The third-order valence-corrected chi connectivity index (χ3v) is 3.25. The van der Waals surface area contributed by atoms with E-state index >= 15 is 0 Å². The van der Waals surface area contributed by atoms with Crippen molar-refractivity contribution in [3.63, 3.8) is 0 Å². The Morgan fingerprint density at radius 2 is 1.91 bits per heavy atom. The number of aryl methyl sites for hydroxylation is 1. The van der Waals surface area contributed by atoms with Crippen molar-refractivity contribution >= 4 is 22.8 Å². The molecule has 2 rings (SSSR count). The fourth-order valence-electron chi connectivity index (χ4n) is 2.01. The van der Waals surface area contributed by atoms with Crippen LogP contribution >= 0.6 is 0 Å². The van der Waals surface area contributed by atoms with Crippen LogP contribution in [0.2, 0.25) is 0 Å². The van der Waals surface area contributed by atoms with Gasteiger partial charge >= 0.3 is 11.9 Å². The SMILES string of the molecule is COC(=O)[C@H](C)OC(=O)c1cc2ccc(OC)cc2nc1C. The van der Waals surface area contributed by atoms with Gasteiger partial charge in [0, 0.05) is 11.5 Å². The minimum absolute atomic E-state index is 0.313. The number of pyridine rings is 1. The molecule has 0 amide bonds. The van der Waals surface area contributed by atoms with Gasteiger partial charge in [-0.05, 0) is 32.0 Å². The molecular weight excluding hydrogens is 286 g/mol. The van der Waals surface area contributed by atoms with Gasteiger partial charge in [-0.1, -0.05) is 0 Å². The van der Waals surface area contributed by atoms with Gasteiger partial charge in [0.05, 0.1) is 31.0 Å². The molecule has 1 atom stereocenters. The molecule has 22 heavy (non-hydrogen) atoms. The van der Waals surface area contributed by atoms with E-state index in [1.54, 1.807) is 38.3 Å². The largest absolute Gasteiger partial charge is 0.497 e. The predicted octanol–water partition coefficient (Wildman–Crippen LogP) is 2.27. The normalized spacial score (nSPS) is 11.8. The number of benzene rings is 1. The van der Waals surface area contributed by atoms with Crippen molar-refractivity contribution < 1.29 is 23.8 Å². The Kier molecular flexibility index (Phi) is 4.60. The van der Waals surface area contributed by atoms with Crippen LogP contribution < -0.4 is 4.74 Å². The lowest BCUT2D eigenvalue weighted by molar-refractivity contribution is -0.149. The van der Waals surface area contributed by atoms with Crippen molar-refractivity contribution in [3.05, 3.63) is 35.5 Å². The number of hydrogen-bond acceptors (Lipinski definition) is 6. The van der Waals surface area contributed by atoms with Crippen LogP contribution in [0, 0.1) is 6.92 Å². The minimum atomic E-state index is -0.969. The van der Waals surface area contributed by atoms with E-state index in [4.69, 9.17) is 9.47 Å². The van der Waals surface area contributed by atoms with Crippen LogP contribution in [-0.4, -0.2) is 37.2 Å². The number of carbonyl (C=O) groups is 2. The van der Waals surface area contributed by atoms with E-state index in [0.717, 1.165) is 10.9 Å². The summed E-state index contributed by atoms with van der Waals surface area (Å²) < 4.78 is 14.8. The zero-order valence-corrected chi connectivity index (χ0v) is 12.9. The second kappa shape index (κ2) is 6.43. The van der Waals surface area contributed by atoms with Crippen LogP contribution in [0.25, 0.3) is 10.9 Å². The molecule has 0 radical (unpaired) electrons. The Hall–Kier alpha value is -2.63. The maximum absolute atomic E-state index is 12.2. The van der Waals surface area contributed by atoms with Crippen LogP contribution in [0.1, 0.15) is 23.0 Å². The summed E-state index contributed by atoms with van der Waals surface area (Å²) in [6.07, 6.45) is -0.969. The lowest BCUT2D eigenvalue weighted by atomic mass is 10.1. The lowest BCUT2D eigenvalue weighted by Gasteiger charge is -2.12. The molecule has 0 aliphatic carbocycles. The molecule has 1 aromatic carbocycles. The van der Waals surface area contributed by atoms with E-state index in [0.29, 0.717) is 17.0 Å². The first-order valence-electron chi connectivity index (χ1n) is 6.70. The Morgan fingerprint density at radius 1 is 1.18 bits per heavy atom. The third-order valence-electron chi connectivity index (χ3n) is 3.25. The molecule has 0 fully saturated rings. The van der Waals surface area contributed by atoms with E-state index in [2.05, 4.69) is 9.72 Å². The molecule has 0 aliphatic rings. The molecular formula is C16H17NO5. The highest BCUT2D eigenvalue weighted by Gasteiger charge is 2.21. The molecule has 6 nitrogen and oxygen atoms in total. The highest BCUT2D eigenvalue weighted by molar-refractivity contribution is 5.96. The van der Waals surface area contributed by atoms with Crippen LogP contribution in [-0.2, 0) is 14.3 Å². The van der Waals surface area contributed by atoms with Crippen molar-refractivity contribution in [1.29, 1.82) is 0 Å². The average Bonchev–Trinajstić information content (AvgIpc) is 2.52. The Morgan fingerprint density at radius 3 is 2.55 bits per heavy atom. The summed E-state index contributed by atoms with van der Waals surface area (Å²) in [7, 11) is 2.82. The summed E-state index contributed by atoms with van der Waals surface area (Å²) in [5.41, 5.74) is 1.55. The Bertz CT molecular complexity index is 726. The number of carbonyl (C=O) groups excluding carboxylic acids is 2. The fraction of sp³-hybridized carbons (Fsp3) is 0.312. The van der Waals surface area contributed by atoms with Gasteiger partial charge in [-0.15, -0.1) is 0 Å². The van der Waals surface area contributed by atoms with Crippen molar-refractivity contribution in [2.24, 2.45) is 0 Å². The number of rotatable bonds is 4. The summed E-state index contributed by atoms with van der Waals surface area (Å²) in [6.45, 7) is 3.16. The molecule has 1 heterocycles. The van der Waals surface area contributed by atoms with Crippen LogP contribution in [0.5, 0.6) is 5.75 Å². The van der Waals surface area contributed by atoms with Crippen LogP contribution in [0.15, 0.2) is 24.3 Å². The van der Waals surface area contributed by atoms with Crippen molar-refractivity contribution in [1.82, 2.24) is 4.98 Å². The molecule has 0 spiro atoms. The number of fused-ring (bicyclic) bond motifs is 1. The monoisotopic (exact) mass is 303 g/mol. The first-order valence-corrected chi connectivity index (χ1v) is 6.70. The highest BCUT2D eigenvalue weighted by atomic mass is 16.6. The molecule has 1 aromatic heterocycles. The molecule has 0 bridgehead atoms. The van der Waals surface area contributed by atoms with E-state index in [1.165, 1.54) is 14.0 Å². The van der Waals surface area contributed by atoms with Gasteiger partial charge in [0.2, 0.25) is 0 Å². The van der Waals surface area contributed by atoms with Gasteiger partial charge < -0.3 is 14.2 Å². The Balaban J connectivity index is 2.33. The van der Waals surface area contributed by atoms with Crippen molar-refractivity contribution in [3.8, 4) is 5.75 Å². The van der Waals surface area contributed by atoms with Gasteiger partial charge in [-0.3, -0.25) is 4.98 Å². The number of methoxy groups -OCH3 is 2. The second-order valence-corrected chi connectivity index (χ2v) is 4.75. The number of ether oxygens (including phenoxy) is 3. The highest BCUT2D eigenvalue weighted by Crippen LogP contribution is 2.22. The Labute approximate surface area is 128 Å². The maximum Gasteiger partial charge on any atom is 0.346 e. The zero-order chi connectivity index (χ0) is 16.3. The number of hydrogen-bond donors (Lipinski definition) is 0. The first-order chi connectivity index (χ1) is 10.5. The minimum Gasteiger partial charge on any atom is -0.497 e. The fourth-order valence-corrected chi connectivity index (χ4v) is 2.01. The van der Waals surface area contributed by atoms with Crippen molar-refractivity contribution in [2.75, 3.05) is 14.2 Å². The second-order valence-electron chi connectivity index (χ2n) is 4.75. The van der Waals surface area contributed by atoms with Gasteiger partial charge in [-0.25, -0.2) is 9.59 Å². The molecule has 0 saturated carbocycles. The standard InChI is InChI=1S/C16H17NO5/c1-9-13(16(19)22-10(2)15(18)21-4)7-11-5-6-12(20-3)8-14(11)17-9/h5-8,10H,1-4H3/t10-/m0/s1. The van der Waals surface area contributed by atoms with E-state index < -0.39 is 18.0 Å². The summed E-state index contributed by atoms with van der Waals surface area (Å²) >= 11 is 0. The molecule has 0 N–H and O–H groups in total. The van der Waals surface area contributed by atoms with Crippen LogP contribution in [0.4, 0.5) is 0 Å². The third kappa shape index (κ3) is 3.16. The molecule has 0 unspecified atom stereocenters. The molecule has 0 saturated heterocycles. The van der Waals surface area contributed by atoms with Gasteiger partial charge in [-0.2, -0.15) is 0 Å². The first kappa shape index (κ1) is 15.8. The lowest BCUT2D eigenvalue weighted by Crippen LogP contribution is -2.25. The van der Waals surface area contributed by atoms with E-state index in [-0.39, 0.29) is 0 Å². The summed E-state index contributed by atoms with van der Waals surface area (Å²) in [5.74, 6) is -0.529. The number of aromatic nitrogens is 1. The number of esters is 2. The summed E-state index contributed by atoms with van der Waals surface area (Å²) in [5, 5.41) is 0.782. The van der Waals surface area contributed by atoms with Gasteiger partial charge in [0.1, 0.15) is 5.75 Å². The van der Waals surface area contributed by atoms with E-state index in [9.17, 15) is 9.59 Å². The van der Waals surface area contributed by atoms with Gasteiger partial charge in [0.25, 0.3) is 0 Å².